The van der Waals surface area contributed by atoms with Crippen molar-refractivity contribution in [1.29, 1.82) is 0 Å². The minimum atomic E-state index is -0.664. The van der Waals surface area contributed by atoms with Crippen LogP contribution in [-0.4, -0.2) is 63.3 Å². The first-order valence-electron chi connectivity index (χ1n) is 10.7. The van der Waals surface area contributed by atoms with Crippen LogP contribution in [0.25, 0.3) is 5.69 Å². The average molecular weight is 434 g/mol. The van der Waals surface area contributed by atoms with Gasteiger partial charge in [-0.2, -0.15) is 9.78 Å². The summed E-state index contributed by atoms with van der Waals surface area (Å²) < 4.78 is 2.26. The number of benzene rings is 2. The van der Waals surface area contributed by atoms with Gasteiger partial charge in [0, 0.05) is 26.2 Å². The van der Waals surface area contributed by atoms with Crippen molar-refractivity contribution in [2.24, 2.45) is 0 Å². The van der Waals surface area contributed by atoms with Crippen LogP contribution in [0.15, 0.2) is 58.1 Å². The number of likely N-dealkylation sites (N-methyl/N-ethyl adjacent to an activating group) is 1. The van der Waals surface area contributed by atoms with E-state index in [1.54, 1.807) is 17.0 Å². The van der Waals surface area contributed by atoms with E-state index in [0.717, 1.165) is 39.0 Å². The normalized spacial score (nSPS) is 14.5. The van der Waals surface area contributed by atoms with Gasteiger partial charge in [-0.15, -0.1) is 0 Å². The second-order valence-corrected chi connectivity index (χ2v) is 8.35. The van der Waals surface area contributed by atoms with E-state index in [9.17, 15) is 14.4 Å². The lowest BCUT2D eigenvalue weighted by Gasteiger charge is -2.32. The van der Waals surface area contributed by atoms with E-state index >= 15 is 0 Å². The van der Waals surface area contributed by atoms with Crippen LogP contribution >= 0.6 is 0 Å². The fourth-order valence-electron chi connectivity index (χ4n) is 3.75. The maximum atomic E-state index is 13.3. The Kier molecular flexibility index (Phi) is 6.05. The van der Waals surface area contributed by atoms with Gasteiger partial charge in [-0.05, 0) is 44.2 Å². The van der Waals surface area contributed by atoms with Gasteiger partial charge >= 0.3 is 5.69 Å². The molecule has 0 aliphatic carbocycles. The zero-order valence-corrected chi connectivity index (χ0v) is 18.6. The molecule has 1 fully saturated rings. The van der Waals surface area contributed by atoms with Crippen LogP contribution < -0.4 is 11.2 Å². The molecule has 2 aromatic carbocycles. The Labute approximate surface area is 186 Å². The van der Waals surface area contributed by atoms with Crippen LogP contribution in [0.2, 0.25) is 0 Å². The van der Waals surface area contributed by atoms with E-state index in [1.807, 2.05) is 57.3 Å². The maximum absolute atomic E-state index is 13.3. The number of piperazine rings is 1. The van der Waals surface area contributed by atoms with Crippen LogP contribution in [0.5, 0.6) is 0 Å². The van der Waals surface area contributed by atoms with E-state index in [0.29, 0.717) is 18.8 Å². The molecule has 1 amide bonds. The van der Waals surface area contributed by atoms with Gasteiger partial charge in [-0.1, -0.05) is 42.0 Å². The summed E-state index contributed by atoms with van der Waals surface area (Å²) in [6, 6.07) is 14.9. The highest BCUT2D eigenvalue weighted by Gasteiger charge is 2.27. The first-order valence-corrected chi connectivity index (χ1v) is 10.7. The second-order valence-electron chi connectivity index (χ2n) is 8.35. The molecule has 32 heavy (non-hydrogen) atoms. The summed E-state index contributed by atoms with van der Waals surface area (Å²) in [6.45, 7) is 6.42. The summed E-state index contributed by atoms with van der Waals surface area (Å²) in [5.41, 5.74) is 1.87. The maximum Gasteiger partial charge on any atom is 0.352 e. The standard InChI is InChI=1S/C24H27N5O3/c1-17-7-9-19(10-8-17)16-28-23(31)21(22(30)27-13-11-26(3)12-14-27)25-29(24(28)32)20-6-4-5-18(2)15-20/h4-10,15H,11-14,16H2,1-3H3. The molecule has 166 valence electrons. The van der Waals surface area contributed by atoms with Crippen molar-refractivity contribution in [3.63, 3.8) is 0 Å². The molecule has 0 bridgehead atoms. The van der Waals surface area contributed by atoms with Crippen molar-refractivity contribution in [2.75, 3.05) is 33.2 Å². The number of carbonyl (C=O) groups excluding carboxylic acids is 1. The Bertz CT molecular complexity index is 1250. The SMILES string of the molecule is Cc1ccc(Cn2c(=O)c(C(=O)N3CCN(C)CC3)nn(-c3cccc(C)c3)c2=O)cc1. The molecule has 0 atom stereocenters. The molecule has 0 N–H and O–H groups in total. The van der Waals surface area contributed by atoms with E-state index < -0.39 is 17.2 Å². The third-order valence-corrected chi connectivity index (χ3v) is 5.76. The Morgan fingerprint density at radius 2 is 1.62 bits per heavy atom. The highest BCUT2D eigenvalue weighted by Crippen LogP contribution is 2.09. The zero-order chi connectivity index (χ0) is 22.8. The summed E-state index contributed by atoms with van der Waals surface area (Å²) in [5, 5.41) is 4.26. The molecule has 4 rings (SSSR count). The molecule has 1 aromatic heterocycles. The molecular formula is C24H27N5O3. The minimum Gasteiger partial charge on any atom is -0.335 e. The summed E-state index contributed by atoms with van der Waals surface area (Å²) in [7, 11) is 1.99. The van der Waals surface area contributed by atoms with Crippen LogP contribution in [0.3, 0.4) is 0 Å². The number of aromatic nitrogens is 3. The third kappa shape index (κ3) is 4.40. The highest BCUT2D eigenvalue weighted by atomic mass is 16.2. The summed E-state index contributed by atoms with van der Waals surface area (Å²) >= 11 is 0. The summed E-state index contributed by atoms with van der Waals surface area (Å²) in [5.74, 6) is -0.442. The largest absolute Gasteiger partial charge is 0.352 e. The van der Waals surface area contributed by atoms with Crippen molar-refractivity contribution in [3.8, 4) is 5.69 Å². The predicted molar refractivity (Wildman–Crippen MR) is 123 cm³/mol. The van der Waals surface area contributed by atoms with Gasteiger partial charge in [0.25, 0.3) is 11.5 Å². The van der Waals surface area contributed by atoms with Crippen molar-refractivity contribution in [1.82, 2.24) is 24.1 Å². The average Bonchev–Trinajstić information content (AvgIpc) is 2.78. The molecule has 1 aliphatic heterocycles. The van der Waals surface area contributed by atoms with E-state index in [1.165, 1.54) is 0 Å². The van der Waals surface area contributed by atoms with E-state index in [4.69, 9.17) is 0 Å². The molecule has 1 aliphatic rings. The molecule has 0 radical (unpaired) electrons. The van der Waals surface area contributed by atoms with Gasteiger partial charge < -0.3 is 9.80 Å². The Morgan fingerprint density at radius 3 is 2.28 bits per heavy atom. The van der Waals surface area contributed by atoms with Gasteiger partial charge in [0.15, 0.2) is 0 Å². The smallest absolute Gasteiger partial charge is 0.335 e. The minimum absolute atomic E-state index is 0.0648. The van der Waals surface area contributed by atoms with E-state index in [-0.39, 0.29) is 12.2 Å². The number of carbonyl (C=O) groups is 1. The first-order chi connectivity index (χ1) is 15.3. The topological polar surface area (TPSA) is 80.4 Å². The quantitative estimate of drug-likeness (QED) is 0.622. The van der Waals surface area contributed by atoms with Crippen molar-refractivity contribution < 1.29 is 4.79 Å². The van der Waals surface area contributed by atoms with Gasteiger partial charge in [-0.25, -0.2) is 4.79 Å². The molecule has 8 nitrogen and oxygen atoms in total. The van der Waals surface area contributed by atoms with Crippen molar-refractivity contribution in [2.45, 2.75) is 20.4 Å². The molecular weight excluding hydrogens is 406 g/mol. The number of aryl methyl sites for hydroxylation is 2. The Balaban J connectivity index is 1.84. The predicted octanol–water partition coefficient (Wildman–Crippen LogP) is 1.45. The van der Waals surface area contributed by atoms with Crippen molar-refractivity contribution in [3.05, 3.63) is 91.8 Å². The fraction of sp³-hybridized carbons (Fsp3) is 0.333. The van der Waals surface area contributed by atoms with Gasteiger partial charge in [0.1, 0.15) is 0 Å². The number of hydrogen-bond donors (Lipinski definition) is 0. The molecule has 3 aromatic rings. The molecule has 0 unspecified atom stereocenters. The number of rotatable bonds is 4. The molecule has 0 saturated carbocycles. The second kappa shape index (κ2) is 8.92. The highest BCUT2D eigenvalue weighted by molar-refractivity contribution is 5.92. The molecule has 1 saturated heterocycles. The fourth-order valence-corrected chi connectivity index (χ4v) is 3.75. The van der Waals surface area contributed by atoms with Crippen LogP contribution in [0.1, 0.15) is 27.2 Å². The lowest BCUT2D eigenvalue weighted by Crippen LogP contribution is -2.51. The summed E-state index contributed by atoms with van der Waals surface area (Å²) in [4.78, 5) is 43.6. The van der Waals surface area contributed by atoms with Crippen LogP contribution in [-0.2, 0) is 6.54 Å². The Hall–Kier alpha value is -3.52. The first kappa shape index (κ1) is 21.7. The number of nitrogens with zero attached hydrogens (tertiary/aromatic N) is 5. The van der Waals surface area contributed by atoms with Crippen LogP contribution in [0, 0.1) is 13.8 Å². The molecule has 0 spiro atoms. The molecule has 2 heterocycles. The number of hydrogen-bond acceptors (Lipinski definition) is 5. The van der Waals surface area contributed by atoms with Crippen molar-refractivity contribution >= 4 is 5.91 Å². The third-order valence-electron chi connectivity index (χ3n) is 5.76. The number of amides is 1. The molecule has 8 heteroatoms. The lowest BCUT2D eigenvalue weighted by molar-refractivity contribution is 0.0652. The van der Waals surface area contributed by atoms with Gasteiger partial charge in [0.2, 0.25) is 5.69 Å². The van der Waals surface area contributed by atoms with Crippen LogP contribution in [0.4, 0.5) is 0 Å². The summed E-state index contributed by atoms with van der Waals surface area (Å²) in [6.07, 6.45) is 0. The zero-order valence-electron chi connectivity index (χ0n) is 18.6. The monoisotopic (exact) mass is 433 g/mol. The van der Waals surface area contributed by atoms with Gasteiger partial charge in [0.05, 0.1) is 12.2 Å². The van der Waals surface area contributed by atoms with Gasteiger partial charge in [-0.3, -0.25) is 14.2 Å². The lowest BCUT2D eigenvalue weighted by atomic mass is 10.1. The Morgan fingerprint density at radius 1 is 0.938 bits per heavy atom. The van der Waals surface area contributed by atoms with E-state index in [2.05, 4.69) is 10.00 Å².